The van der Waals surface area contributed by atoms with Crippen LogP contribution in [0.15, 0.2) is 41.1 Å². The first-order valence-electron chi connectivity index (χ1n) is 6.02. The lowest BCUT2D eigenvalue weighted by molar-refractivity contribution is 0.500. The van der Waals surface area contributed by atoms with Gasteiger partial charge in [-0.1, -0.05) is 0 Å². The topological polar surface area (TPSA) is 53.1 Å². The summed E-state index contributed by atoms with van der Waals surface area (Å²) in [7, 11) is 0. The van der Waals surface area contributed by atoms with Gasteiger partial charge in [-0.05, 0) is 37.1 Å². The zero-order valence-electron chi connectivity index (χ0n) is 9.91. The van der Waals surface area contributed by atoms with Gasteiger partial charge in [0, 0.05) is 12.2 Å². The maximum atomic E-state index is 8.94. The molecular formula is C14H13N3O. The molecule has 0 radical (unpaired) electrons. The summed E-state index contributed by atoms with van der Waals surface area (Å²) in [6.45, 7) is 0.708. The number of hydrogen-bond donors (Lipinski definition) is 0. The average molecular weight is 239 g/mol. The Kier molecular flexibility index (Phi) is 2.73. The first-order chi connectivity index (χ1) is 8.86. The summed E-state index contributed by atoms with van der Waals surface area (Å²) in [6, 6.07) is 10.1. The van der Waals surface area contributed by atoms with Crippen molar-refractivity contribution in [3.8, 4) is 6.07 Å². The maximum Gasteiger partial charge on any atom is 0.130 e. The van der Waals surface area contributed by atoms with Crippen molar-refractivity contribution in [2.45, 2.75) is 25.4 Å². The van der Waals surface area contributed by atoms with Crippen molar-refractivity contribution in [1.29, 1.82) is 5.26 Å². The second-order valence-corrected chi connectivity index (χ2v) is 4.45. The summed E-state index contributed by atoms with van der Waals surface area (Å²) in [5.41, 5.74) is 0.644. The molecule has 0 saturated heterocycles. The van der Waals surface area contributed by atoms with Crippen molar-refractivity contribution < 1.29 is 4.42 Å². The molecule has 0 amide bonds. The Hall–Kier alpha value is -2.28. The standard InChI is InChI=1S/C14H13N3O/c15-9-11-5-6-16-14(8-11)17(12-3-4-12)10-13-2-1-7-18-13/h1-2,5-8,12H,3-4,10H2. The van der Waals surface area contributed by atoms with Crippen molar-refractivity contribution in [1.82, 2.24) is 4.98 Å². The molecule has 2 aromatic heterocycles. The summed E-state index contributed by atoms with van der Waals surface area (Å²) >= 11 is 0. The van der Waals surface area contributed by atoms with Crippen molar-refractivity contribution in [3.63, 3.8) is 0 Å². The van der Waals surface area contributed by atoms with Crippen LogP contribution in [0.3, 0.4) is 0 Å². The molecule has 1 saturated carbocycles. The molecule has 0 unspecified atom stereocenters. The number of nitrogens with zero attached hydrogens (tertiary/aromatic N) is 3. The molecule has 0 atom stereocenters. The third kappa shape index (κ3) is 2.21. The Balaban J connectivity index is 1.87. The van der Waals surface area contributed by atoms with Crippen LogP contribution in [0.5, 0.6) is 0 Å². The van der Waals surface area contributed by atoms with Gasteiger partial charge < -0.3 is 9.32 Å². The van der Waals surface area contributed by atoms with E-state index in [1.807, 2.05) is 18.2 Å². The highest BCUT2D eigenvalue weighted by Crippen LogP contribution is 2.32. The van der Waals surface area contributed by atoms with E-state index >= 15 is 0 Å². The minimum Gasteiger partial charge on any atom is -0.467 e. The van der Waals surface area contributed by atoms with E-state index in [2.05, 4.69) is 16.0 Å². The normalized spacial score (nSPS) is 14.2. The van der Waals surface area contributed by atoms with E-state index in [1.165, 1.54) is 12.8 Å². The van der Waals surface area contributed by atoms with Crippen LogP contribution in [0.1, 0.15) is 24.2 Å². The number of pyridine rings is 1. The lowest BCUT2D eigenvalue weighted by atomic mass is 10.2. The van der Waals surface area contributed by atoms with Crippen LogP contribution < -0.4 is 4.90 Å². The molecule has 1 aliphatic carbocycles. The molecular weight excluding hydrogens is 226 g/mol. The van der Waals surface area contributed by atoms with E-state index in [0.717, 1.165) is 11.6 Å². The SMILES string of the molecule is N#Cc1ccnc(N(Cc2ccco2)C2CC2)c1. The van der Waals surface area contributed by atoms with Crippen molar-refractivity contribution >= 4 is 5.82 Å². The lowest BCUT2D eigenvalue weighted by Gasteiger charge is -2.22. The van der Waals surface area contributed by atoms with Gasteiger partial charge in [0.05, 0.1) is 24.4 Å². The van der Waals surface area contributed by atoms with E-state index in [0.29, 0.717) is 18.2 Å². The fourth-order valence-corrected chi connectivity index (χ4v) is 2.00. The van der Waals surface area contributed by atoms with Gasteiger partial charge in [0.25, 0.3) is 0 Å². The molecule has 4 heteroatoms. The second-order valence-electron chi connectivity index (χ2n) is 4.45. The Bertz CT molecular complexity index is 567. The van der Waals surface area contributed by atoms with Gasteiger partial charge in [0.15, 0.2) is 0 Å². The van der Waals surface area contributed by atoms with Gasteiger partial charge in [0.1, 0.15) is 11.6 Å². The number of nitriles is 1. The van der Waals surface area contributed by atoms with E-state index in [9.17, 15) is 0 Å². The summed E-state index contributed by atoms with van der Waals surface area (Å²) in [5.74, 6) is 1.78. The van der Waals surface area contributed by atoms with Gasteiger partial charge in [-0.15, -0.1) is 0 Å². The van der Waals surface area contributed by atoms with Crippen molar-refractivity contribution in [2.24, 2.45) is 0 Å². The number of furan rings is 1. The van der Waals surface area contributed by atoms with E-state index in [1.54, 1.807) is 18.5 Å². The third-order valence-electron chi connectivity index (χ3n) is 3.06. The predicted molar refractivity (Wildman–Crippen MR) is 66.9 cm³/mol. The van der Waals surface area contributed by atoms with Crippen molar-refractivity contribution in [3.05, 3.63) is 48.0 Å². The monoisotopic (exact) mass is 239 g/mol. The van der Waals surface area contributed by atoms with E-state index < -0.39 is 0 Å². The highest BCUT2D eigenvalue weighted by atomic mass is 16.3. The van der Waals surface area contributed by atoms with Gasteiger partial charge in [-0.2, -0.15) is 5.26 Å². The largest absolute Gasteiger partial charge is 0.467 e. The Morgan fingerprint density at radius 1 is 1.44 bits per heavy atom. The molecule has 2 heterocycles. The summed E-state index contributed by atoms with van der Waals surface area (Å²) in [6.07, 6.45) is 5.73. The number of hydrogen-bond acceptors (Lipinski definition) is 4. The lowest BCUT2D eigenvalue weighted by Crippen LogP contribution is -2.25. The number of rotatable bonds is 4. The highest BCUT2D eigenvalue weighted by Gasteiger charge is 2.30. The minimum atomic E-state index is 0.525. The first kappa shape index (κ1) is 10.8. The number of aromatic nitrogens is 1. The molecule has 0 aromatic carbocycles. The van der Waals surface area contributed by atoms with Gasteiger partial charge in [-0.25, -0.2) is 4.98 Å². The minimum absolute atomic E-state index is 0.525. The molecule has 4 nitrogen and oxygen atoms in total. The smallest absolute Gasteiger partial charge is 0.130 e. The van der Waals surface area contributed by atoms with Gasteiger partial charge in [-0.3, -0.25) is 0 Å². The highest BCUT2D eigenvalue weighted by molar-refractivity contribution is 5.47. The Labute approximate surface area is 105 Å². The predicted octanol–water partition coefficient (Wildman–Crippen LogP) is 2.72. The summed E-state index contributed by atoms with van der Waals surface area (Å²) < 4.78 is 5.39. The van der Waals surface area contributed by atoms with E-state index in [4.69, 9.17) is 9.68 Å². The zero-order chi connectivity index (χ0) is 12.4. The zero-order valence-corrected chi connectivity index (χ0v) is 9.91. The summed E-state index contributed by atoms with van der Waals surface area (Å²) in [4.78, 5) is 6.57. The van der Waals surface area contributed by atoms with Crippen LogP contribution in [0.4, 0.5) is 5.82 Å². The van der Waals surface area contributed by atoms with Crippen LogP contribution in [-0.4, -0.2) is 11.0 Å². The molecule has 3 rings (SSSR count). The molecule has 0 spiro atoms. The molecule has 0 bridgehead atoms. The maximum absolute atomic E-state index is 8.94. The Morgan fingerprint density at radius 3 is 3.00 bits per heavy atom. The first-order valence-corrected chi connectivity index (χ1v) is 6.02. The average Bonchev–Trinajstić information content (AvgIpc) is 3.13. The molecule has 1 aliphatic rings. The van der Waals surface area contributed by atoms with Crippen LogP contribution in [0, 0.1) is 11.3 Å². The Morgan fingerprint density at radius 2 is 2.33 bits per heavy atom. The van der Waals surface area contributed by atoms with Crippen LogP contribution in [0.25, 0.3) is 0 Å². The number of anilines is 1. The quantitative estimate of drug-likeness (QED) is 0.823. The molecule has 0 N–H and O–H groups in total. The fraction of sp³-hybridized carbons (Fsp3) is 0.286. The molecule has 90 valence electrons. The third-order valence-corrected chi connectivity index (χ3v) is 3.06. The molecule has 0 aliphatic heterocycles. The second kappa shape index (κ2) is 4.53. The van der Waals surface area contributed by atoms with E-state index in [-0.39, 0.29) is 0 Å². The fourth-order valence-electron chi connectivity index (χ4n) is 2.00. The van der Waals surface area contributed by atoms with Crippen LogP contribution >= 0.6 is 0 Å². The van der Waals surface area contributed by atoms with Crippen molar-refractivity contribution in [2.75, 3.05) is 4.90 Å². The summed E-state index contributed by atoms with van der Waals surface area (Å²) in [5, 5.41) is 8.94. The molecule has 2 aromatic rings. The van der Waals surface area contributed by atoms with Gasteiger partial charge >= 0.3 is 0 Å². The van der Waals surface area contributed by atoms with Crippen LogP contribution in [0.2, 0.25) is 0 Å². The molecule has 1 fully saturated rings. The molecule has 18 heavy (non-hydrogen) atoms. The van der Waals surface area contributed by atoms with Gasteiger partial charge in [0.2, 0.25) is 0 Å². The van der Waals surface area contributed by atoms with Crippen LogP contribution in [-0.2, 0) is 6.54 Å².